The molecule has 5 nitrogen and oxygen atoms in total. The number of aryl methyl sites for hydroxylation is 1. The molecule has 0 unspecified atom stereocenters. The molecule has 1 aromatic heterocycles. The summed E-state index contributed by atoms with van der Waals surface area (Å²) in [6.45, 7) is 3.48. The topological polar surface area (TPSA) is 45.9 Å². The van der Waals surface area contributed by atoms with Crippen LogP contribution in [0.3, 0.4) is 0 Å². The molecule has 5 heteroatoms. The lowest BCUT2D eigenvalue weighted by Gasteiger charge is -2.34. The first kappa shape index (κ1) is 15.6. The van der Waals surface area contributed by atoms with E-state index in [2.05, 4.69) is 0 Å². The summed E-state index contributed by atoms with van der Waals surface area (Å²) in [5.74, 6) is 1.63. The lowest BCUT2D eigenvalue weighted by atomic mass is 10.1. The summed E-state index contributed by atoms with van der Waals surface area (Å²) in [5.41, 5.74) is 1.70. The van der Waals surface area contributed by atoms with E-state index in [9.17, 15) is 4.79 Å². The molecule has 0 aliphatic carbocycles. The number of carbonyl (C=O) groups excluding carboxylic acids is 1. The minimum absolute atomic E-state index is 0.0102. The van der Waals surface area contributed by atoms with Gasteiger partial charge in [0.05, 0.1) is 13.2 Å². The molecule has 0 N–H and O–H groups in total. The van der Waals surface area contributed by atoms with Gasteiger partial charge in [-0.3, -0.25) is 4.79 Å². The second-order valence-electron chi connectivity index (χ2n) is 5.98. The van der Waals surface area contributed by atoms with Crippen LogP contribution in [0.2, 0.25) is 0 Å². The number of amides is 1. The van der Waals surface area contributed by atoms with E-state index in [1.807, 2.05) is 67.2 Å². The normalized spacial score (nSPS) is 18.0. The highest BCUT2D eigenvalue weighted by molar-refractivity contribution is 5.95. The Bertz CT molecular complexity index is 693. The number of morpholine rings is 1. The monoisotopic (exact) mass is 314 g/mol. The number of rotatable bonds is 3. The van der Waals surface area contributed by atoms with Crippen LogP contribution in [0.1, 0.15) is 27.9 Å². The summed E-state index contributed by atoms with van der Waals surface area (Å²) in [6.07, 6.45) is 0. The molecular formula is C18H22N2O3. The van der Waals surface area contributed by atoms with Gasteiger partial charge in [-0.25, -0.2) is 0 Å². The van der Waals surface area contributed by atoms with Gasteiger partial charge in [-0.15, -0.1) is 0 Å². The fraction of sp³-hybridized carbons (Fsp3) is 0.389. The van der Waals surface area contributed by atoms with Crippen LogP contribution in [-0.4, -0.2) is 44.7 Å². The van der Waals surface area contributed by atoms with E-state index in [0.717, 1.165) is 17.2 Å². The fourth-order valence-corrected chi connectivity index (χ4v) is 2.80. The van der Waals surface area contributed by atoms with E-state index in [-0.39, 0.29) is 11.9 Å². The van der Waals surface area contributed by atoms with Crippen molar-refractivity contribution < 1.29 is 13.9 Å². The molecule has 1 fully saturated rings. The zero-order chi connectivity index (χ0) is 16.4. The third-order valence-corrected chi connectivity index (χ3v) is 4.09. The van der Waals surface area contributed by atoms with Crippen molar-refractivity contribution in [1.29, 1.82) is 0 Å². The molecule has 2 aromatic rings. The van der Waals surface area contributed by atoms with Crippen LogP contribution in [0, 0.1) is 6.92 Å². The maximum absolute atomic E-state index is 13.0. The van der Waals surface area contributed by atoms with Crippen molar-refractivity contribution in [3.8, 4) is 0 Å². The van der Waals surface area contributed by atoms with Gasteiger partial charge in [-0.2, -0.15) is 0 Å². The van der Waals surface area contributed by atoms with E-state index in [4.69, 9.17) is 9.15 Å². The molecule has 1 aliphatic heterocycles. The zero-order valence-electron chi connectivity index (χ0n) is 13.8. The molecule has 0 saturated carbocycles. The smallest absolute Gasteiger partial charge is 0.254 e. The van der Waals surface area contributed by atoms with Crippen molar-refractivity contribution in [2.45, 2.75) is 13.0 Å². The quantitative estimate of drug-likeness (QED) is 0.874. The lowest BCUT2D eigenvalue weighted by Crippen LogP contribution is -2.43. The van der Waals surface area contributed by atoms with Crippen molar-refractivity contribution in [3.05, 3.63) is 53.5 Å². The Labute approximate surface area is 136 Å². The van der Waals surface area contributed by atoms with Gasteiger partial charge in [0.1, 0.15) is 17.6 Å². The largest absolute Gasteiger partial charge is 0.464 e. The number of hydrogen-bond donors (Lipinski definition) is 0. The van der Waals surface area contributed by atoms with Gasteiger partial charge in [-0.1, -0.05) is 6.07 Å². The number of ether oxygens (including phenoxy) is 1. The summed E-state index contributed by atoms with van der Waals surface area (Å²) >= 11 is 0. The predicted octanol–water partition coefficient (Wildman–Crippen LogP) is 2.87. The standard InChI is InChI=1S/C18H22N2O3/c1-13-7-8-17(23-13)16-12-22-10-9-20(16)18(21)14-5-4-6-15(11-14)19(2)3/h4-8,11,16H,9-10,12H2,1-3H3/t16-/m1/s1. The molecule has 2 heterocycles. The Hall–Kier alpha value is -2.27. The van der Waals surface area contributed by atoms with Crippen molar-refractivity contribution in [1.82, 2.24) is 4.90 Å². The highest BCUT2D eigenvalue weighted by Gasteiger charge is 2.31. The van der Waals surface area contributed by atoms with Gasteiger partial charge in [0.2, 0.25) is 0 Å². The molecule has 1 atom stereocenters. The second-order valence-corrected chi connectivity index (χ2v) is 5.98. The first-order valence-corrected chi connectivity index (χ1v) is 7.78. The van der Waals surface area contributed by atoms with Gasteiger partial charge >= 0.3 is 0 Å². The van der Waals surface area contributed by atoms with Crippen molar-refractivity contribution in [2.24, 2.45) is 0 Å². The summed E-state index contributed by atoms with van der Waals surface area (Å²) in [4.78, 5) is 16.8. The number of benzene rings is 1. The minimum atomic E-state index is -0.173. The maximum Gasteiger partial charge on any atom is 0.254 e. The summed E-state index contributed by atoms with van der Waals surface area (Å²) in [6, 6.07) is 11.3. The van der Waals surface area contributed by atoms with Gasteiger partial charge in [0.25, 0.3) is 5.91 Å². The molecule has 122 valence electrons. The molecule has 23 heavy (non-hydrogen) atoms. The molecule has 3 rings (SSSR count). The summed E-state index contributed by atoms with van der Waals surface area (Å²) < 4.78 is 11.3. The summed E-state index contributed by atoms with van der Waals surface area (Å²) in [7, 11) is 3.93. The van der Waals surface area contributed by atoms with Crippen LogP contribution < -0.4 is 4.90 Å². The van der Waals surface area contributed by atoms with Crippen molar-refractivity contribution >= 4 is 11.6 Å². The Morgan fingerprint density at radius 2 is 2.09 bits per heavy atom. The lowest BCUT2D eigenvalue weighted by molar-refractivity contribution is -0.00894. The molecule has 0 spiro atoms. The molecule has 1 amide bonds. The molecule has 1 aromatic carbocycles. The number of furan rings is 1. The Morgan fingerprint density at radius 3 is 2.78 bits per heavy atom. The maximum atomic E-state index is 13.0. The molecule has 1 saturated heterocycles. The molecular weight excluding hydrogens is 292 g/mol. The highest BCUT2D eigenvalue weighted by Crippen LogP contribution is 2.28. The third-order valence-electron chi connectivity index (χ3n) is 4.09. The van der Waals surface area contributed by atoms with Crippen molar-refractivity contribution in [3.63, 3.8) is 0 Å². The van der Waals surface area contributed by atoms with Crippen molar-refractivity contribution in [2.75, 3.05) is 38.8 Å². The summed E-state index contributed by atoms with van der Waals surface area (Å²) in [5, 5.41) is 0. The number of hydrogen-bond acceptors (Lipinski definition) is 4. The van der Waals surface area contributed by atoms with Crippen LogP contribution in [0.25, 0.3) is 0 Å². The van der Waals surface area contributed by atoms with Crippen LogP contribution in [0.4, 0.5) is 5.69 Å². The average Bonchev–Trinajstić information content (AvgIpc) is 3.00. The SMILES string of the molecule is Cc1ccc([C@H]2COCCN2C(=O)c2cccc(N(C)C)c2)o1. The highest BCUT2D eigenvalue weighted by atomic mass is 16.5. The van der Waals surface area contributed by atoms with E-state index in [0.29, 0.717) is 25.3 Å². The van der Waals surface area contributed by atoms with Crippen LogP contribution >= 0.6 is 0 Å². The predicted molar refractivity (Wildman–Crippen MR) is 88.8 cm³/mol. The molecule has 0 radical (unpaired) electrons. The van der Waals surface area contributed by atoms with Gasteiger partial charge in [0.15, 0.2) is 0 Å². The number of carbonyl (C=O) groups is 1. The van der Waals surface area contributed by atoms with E-state index in [1.54, 1.807) is 0 Å². The van der Waals surface area contributed by atoms with Gasteiger partial charge in [-0.05, 0) is 37.3 Å². The second kappa shape index (κ2) is 6.46. The minimum Gasteiger partial charge on any atom is -0.464 e. The third kappa shape index (κ3) is 3.24. The number of anilines is 1. The van der Waals surface area contributed by atoms with Gasteiger partial charge < -0.3 is 19.0 Å². The van der Waals surface area contributed by atoms with E-state index >= 15 is 0 Å². The van der Waals surface area contributed by atoms with Crippen LogP contribution in [-0.2, 0) is 4.74 Å². The average molecular weight is 314 g/mol. The van der Waals surface area contributed by atoms with E-state index in [1.165, 1.54) is 0 Å². The molecule has 0 bridgehead atoms. The number of nitrogens with zero attached hydrogens (tertiary/aromatic N) is 2. The Morgan fingerprint density at radius 1 is 1.26 bits per heavy atom. The Balaban J connectivity index is 1.88. The zero-order valence-corrected chi connectivity index (χ0v) is 13.8. The first-order chi connectivity index (χ1) is 11.1. The Kier molecular flexibility index (Phi) is 4.39. The van der Waals surface area contributed by atoms with Crippen LogP contribution in [0.5, 0.6) is 0 Å². The first-order valence-electron chi connectivity index (χ1n) is 7.78. The fourth-order valence-electron chi connectivity index (χ4n) is 2.80. The van der Waals surface area contributed by atoms with Crippen LogP contribution in [0.15, 0.2) is 40.8 Å². The van der Waals surface area contributed by atoms with Gasteiger partial charge in [0, 0.05) is 31.9 Å². The molecule has 1 aliphatic rings. The van der Waals surface area contributed by atoms with E-state index < -0.39 is 0 Å².